The minimum atomic E-state index is -0.585. The van der Waals surface area contributed by atoms with Crippen LogP contribution >= 0.6 is 11.3 Å². The molecule has 5 nitrogen and oxygen atoms in total. The van der Waals surface area contributed by atoms with Gasteiger partial charge in [0.05, 0.1) is 11.0 Å². The lowest BCUT2D eigenvalue weighted by Gasteiger charge is -1.94. The Morgan fingerprint density at radius 2 is 2.00 bits per heavy atom. The first-order chi connectivity index (χ1) is 6.58. The molecule has 0 amide bonds. The van der Waals surface area contributed by atoms with Crippen LogP contribution in [0, 0.1) is 10.1 Å². The summed E-state index contributed by atoms with van der Waals surface area (Å²) in [5.74, 6) is -0.179. The van der Waals surface area contributed by atoms with Crippen LogP contribution in [0.15, 0.2) is 18.2 Å². The molecule has 1 aromatic heterocycles. The molecule has 14 heavy (non-hydrogen) atoms. The molecule has 0 spiro atoms. The topological polar surface area (TPSA) is 83.6 Å². The normalized spacial score (nSPS) is 10.6. The molecule has 0 saturated heterocycles. The second-order valence-electron chi connectivity index (χ2n) is 2.72. The number of thiophene rings is 1. The fourth-order valence-electron chi connectivity index (χ4n) is 1.24. The smallest absolute Gasteiger partial charge is 0.290 e. The minimum absolute atomic E-state index is 0.00583. The van der Waals surface area contributed by atoms with Crippen molar-refractivity contribution < 1.29 is 15.1 Å². The van der Waals surface area contributed by atoms with E-state index in [1.54, 1.807) is 0 Å². The van der Waals surface area contributed by atoms with Gasteiger partial charge >= 0.3 is 0 Å². The largest absolute Gasteiger partial charge is 0.508 e. The molecule has 0 fully saturated rings. The van der Waals surface area contributed by atoms with Gasteiger partial charge in [-0.2, -0.15) is 0 Å². The lowest BCUT2D eigenvalue weighted by molar-refractivity contribution is -0.382. The molecule has 0 saturated carbocycles. The van der Waals surface area contributed by atoms with Crippen molar-refractivity contribution in [2.45, 2.75) is 0 Å². The van der Waals surface area contributed by atoms with Crippen LogP contribution in [0.25, 0.3) is 10.1 Å². The Morgan fingerprint density at radius 3 is 2.64 bits per heavy atom. The van der Waals surface area contributed by atoms with Gasteiger partial charge in [0.15, 0.2) is 5.06 Å². The number of hydrogen-bond donors (Lipinski definition) is 2. The number of benzene rings is 1. The monoisotopic (exact) mass is 211 g/mol. The van der Waals surface area contributed by atoms with Gasteiger partial charge in [0.1, 0.15) is 10.4 Å². The van der Waals surface area contributed by atoms with E-state index in [1.165, 1.54) is 12.1 Å². The molecule has 2 rings (SSSR count). The number of nitro groups is 1. The standard InChI is InChI=1S/C8H5NO4S/c10-5-1-4-2-7(11)14-8(4)6(3-5)9(12)13/h1-3,10-11H. The number of phenolic OH excluding ortho intramolecular Hbond substituents is 1. The maximum Gasteiger partial charge on any atom is 0.290 e. The molecular weight excluding hydrogens is 206 g/mol. The summed E-state index contributed by atoms with van der Waals surface area (Å²) in [6.07, 6.45) is 0. The van der Waals surface area contributed by atoms with Gasteiger partial charge < -0.3 is 10.2 Å². The predicted octanol–water partition coefficient (Wildman–Crippen LogP) is 2.22. The first-order valence-electron chi connectivity index (χ1n) is 3.68. The van der Waals surface area contributed by atoms with Crippen molar-refractivity contribution in [1.82, 2.24) is 0 Å². The van der Waals surface area contributed by atoms with Gasteiger partial charge in [0, 0.05) is 5.39 Å². The first kappa shape index (κ1) is 8.76. The van der Waals surface area contributed by atoms with E-state index in [9.17, 15) is 15.2 Å². The first-order valence-corrected chi connectivity index (χ1v) is 4.49. The van der Waals surface area contributed by atoms with Crippen molar-refractivity contribution in [3.05, 3.63) is 28.3 Å². The fraction of sp³-hybridized carbons (Fsp3) is 0. The van der Waals surface area contributed by atoms with Crippen molar-refractivity contribution in [3.63, 3.8) is 0 Å². The van der Waals surface area contributed by atoms with E-state index in [0.29, 0.717) is 10.1 Å². The summed E-state index contributed by atoms with van der Waals surface area (Å²) in [7, 11) is 0. The molecule has 0 aliphatic carbocycles. The SMILES string of the molecule is O=[N+]([O-])c1cc(O)cc2cc(O)sc12. The second-order valence-corrected chi connectivity index (χ2v) is 3.76. The van der Waals surface area contributed by atoms with E-state index in [1.807, 2.05) is 0 Å². The number of nitro benzene ring substituents is 1. The Balaban J connectivity index is 2.85. The van der Waals surface area contributed by atoms with Crippen LogP contribution in [-0.4, -0.2) is 15.1 Å². The van der Waals surface area contributed by atoms with E-state index in [4.69, 9.17) is 5.11 Å². The zero-order chi connectivity index (χ0) is 10.3. The molecule has 1 aromatic carbocycles. The summed E-state index contributed by atoms with van der Waals surface area (Å²) >= 11 is 0.919. The van der Waals surface area contributed by atoms with Crippen LogP contribution in [-0.2, 0) is 0 Å². The van der Waals surface area contributed by atoms with Crippen molar-refractivity contribution >= 4 is 27.1 Å². The second kappa shape index (κ2) is 2.85. The van der Waals surface area contributed by atoms with Gasteiger partial charge in [-0.3, -0.25) is 10.1 Å². The van der Waals surface area contributed by atoms with E-state index in [-0.39, 0.29) is 16.5 Å². The maximum atomic E-state index is 10.6. The Morgan fingerprint density at radius 1 is 1.29 bits per heavy atom. The van der Waals surface area contributed by atoms with E-state index in [2.05, 4.69) is 0 Å². The third-order valence-corrected chi connectivity index (χ3v) is 2.74. The van der Waals surface area contributed by atoms with Gasteiger partial charge in [-0.25, -0.2) is 0 Å². The molecule has 0 aliphatic heterocycles. The number of hydrogen-bond acceptors (Lipinski definition) is 5. The Labute approximate surface area is 82.0 Å². The van der Waals surface area contributed by atoms with Crippen LogP contribution < -0.4 is 0 Å². The molecule has 2 aromatic rings. The summed E-state index contributed by atoms with van der Waals surface area (Å²) in [6.45, 7) is 0. The number of aromatic hydroxyl groups is 2. The number of fused-ring (bicyclic) bond motifs is 1. The highest BCUT2D eigenvalue weighted by Crippen LogP contribution is 2.39. The van der Waals surface area contributed by atoms with Gasteiger partial charge in [-0.05, 0) is 12.1 Å². The van der Waals surface area contributed by atoms with Gasteiger partial charge in [0.2, 0.25) is 0 Å². The van der Waals surface area contributed by atoms with Gasteiger partial charge in [-0.1, -0.05) is 11.3 Å². The Hall–Kier alpha value is -1.82. The van der Waals surface area contributed by atoms with E-state index >= 15 is 0 Å². The van der Waals surface area contributed by atoms with Crippen molar-refractivity contribution in [1.29, 1.82) is 0 Å². The summed E-state index contributed by atoms with van der Waals surface area (Å²) in [5, 5.41) is 29.4. The molecule has 0 aliphatic rings. The molecule has 0 bridgehead atoms. The lowest BCUT2D eigenvalue weighted by atomic mass is 10.2. The highest BCUT2D eigenvalue weighted by atomic mass is 32.1. The van der Waals surface area contributed by atoms with Crippen LogP contribution in [0.2, 0.25) is 0 Å². The summed E-state index contributed by atoms with van der Waals surface area (Å²) in [6, 6.07) is 3.82. The molecule has 0 radical (unpaired) electrons. The molecule has 2 N–H and O–H groups in total. The van der Waals surface area contributed by atoms with Crippen molar-refractivity contribution in [2.75, 3.05) is 0 Å². The van der Waals surface area contributed by atoms with Crippen LogP contribution in [0.5, 0.6) is 10.8 Å². The minimum Gasteiger partial charge on any atom is -0.508 e. The van der Waals surface area contributed by atoms with Crippen molar-refractivity contribution in [2.24, 2.45) is 0 Å². The quantitative estimate of drug-likeness (QED) is 0.559. The highest BCUT2D eigenvalue weighted by molar-refractivity contribution is 7.21. The zero-order valence-corrected chi connectivity index (χ0v) is 7.61. The molecule has 72 valence electrons. The Kier molecular flexibility index (Phi) is 1.78. The lowest BCUT2D eigenvalue weighted by Crippen LogP contribution is -1.86. The van der Waals surface area contributed by atoms with Crippen LogP contribution in [0.3, 0.4) is 0 Å². The molecule has 0 unspecified atom stereocenters. The average molecular weight is 211 g/mol. The fourth-order valence-corrected chi connectivity index (χ4v) is 2.11. The van der Waals surface area contributed by atoms with Gasteiger partial charge in [0.25, 0.3) is 5.69 Å². The molecule has 0 atom stereocenters. The average Bonchev–Trinajstić information content (AvgIpc) is 2.42. The molecule has 1 heterocycles. The number of rotatable bonds is 1. The maximum absolute atomic E-state index is 10.6. The van der Waals surface area contributed by atoms with Crippen molar-refractivity contribution in [3.8, 4) is 10.8 Å². The van der Waals surface area contributed by atoms with Gasteiger partial charge in [-0.15, -0.1) is 0 Å². The number of phenols is 1. The zero-order valence-electron chi connectivity index (χ0n) is 6.80. The summed E-state index contributed by atoms with van der Waals surface area (Å²) < 4.78 is 0.366. The van der Waals surface area contributed by atoms with Crippen LogP contribution in [0.1, 0.15) is 0 Å². The third-order valence-electron chi connectivity index (χ3n) is 1.77. The molecule has 6 heteroatoms. The third kappa shape index (κ3) is 1.25. The van der Waals surface area contributed by atoms with E-state index < -0.39 is 4.92 Å². The molecular formula is C8H5NO4S. The number of non-ortho nitro benzene ring substituents is 1. The number of nitrogens with zero attached hydrogens (tertiary/aromatic N) is 1. The van der Waals surface area contributed by atoms with E-state index in [0.717, 1.165) is 17.4 Å². The summed E-state index contributed by atoms with van der Waals surface area (Å²) in [5.41, 5.74) is -0.190. The summed E-state index contributed by atoms with van der Waals surface area (Å²) in [4.78, 5) is 10.0. The Bertz CT molecular complexity index is 519. The van der Waals surface area contributed by atoms with Crippen LogP contribution in [0.4, 0.5) is 5.69 Å². The predicted molar refractivity (Wildman–Crippen MR) is 51.8 cm³/mol. The highest BCUT2D eigenvalue weighted by Gasteiger charge is 2.16.